The van der Waals surface area contributed by atoms with Crippen LogP contribution in [0.25, 0.3) is 33.5 Å². The molecule has 0 bridgehead atoms. The molecular weight excluding hydrogens is 414 g/mol. The number of hydrogen-bond acceptors (Lipinski definition) is 3. The van der Waals surface area contributed by atoms with Crippen LogP contribution in [0.5, 0.6) is 0 Å². The van der Waals surface area contributed by atoms with Crippen molar-refractivity contribution in [2.75, 3.05) is 0 Å². The number of pyridine rings is 1. The van der Waals surface area contributed by atoms with Gasteiger partial charge in [-0.2, -0.15) is 0 Å². The highest BCUT2D eigenvalue weighted by Gasteiger charge is 2.22. The summed E-state index contributed by atoms with van der Waals surface area (Å²) in [6.07, 6.45) is 3.48. The highest BCUT2D eigenvalue weighted by Crippen LogP contribution is 2.40. The Labute approximate surface area is 192 Å². The first-order chi connectivity index (χ1) is 15.9. The summed E-state index contributed by atoms with van der Waals surface area (Å²) in [6.45, 7) is 4.25. The van der Waals surface area contributed by atoms with Gasteiger partial charge in [-0.25, -0.2) is 0 Å². The summed E-state index contributed by atoms with van der Waals surface area (Å²) in [7, 11) is 0. The maximum atomic E-state index is 12.5. The monoisotopic (exact) mass is 441 g/mol. The van der Waals surface area contributed by atoms with Crippen LogP contribution >= 0.6 is 0 Å². The van der Waals surface area contributed by atoms with E-state index in [2.05, 4.69) is 54.8 Å². The van der Waals surface area contributed by atoms with E-state index in [0.717, 1.165) is 38.7 Å². The zero-order valence-electron chi connectivity index (χ0n) is 18.7. The molecule has 0 aliphatic heterocycles. The molecule has 5 heteroatoms. The van der Waals surface area contributed by atoms with Crippen molar-refractivity contribution in [3.8, 4) is 11.1 Å². The number of carboxylic acid groups (broad SMARTS) is 1. The Morgan fingerprint density at radius 3 is 2.36 bits per heavy atom. The molecule has 2 heterocycles. The van der Waals surface area contributed by atoms with Gasteiger partial charge in [-0.3, -0.25) is 9.59 Å². The third-order valence-electron chi connectivity index (χ3n) is 5.79. The van der Waals surface area contributed by atoms with Gasteiger partial charge in [0.25, 0.3) is 0 Å². The minimum atomic E-state index is -1.20. The summed E-state index contributed by atoms with van der Waals surface area (Å²) in [5.41, 5.74) is 5.22. The second kappa shape index (κ2) is 9.43. The number of aliphatic carboxylic acids is 1. The molecule has 1 unspecified atom stereocenters. The third kappa shape index (κ3) is 4.59. The van der Waals surface area contributed by atoms with E-state index < -0.39 is 18.5 Å². The third-order valence-corrected chi connectivity index (χ3v) is 5.79. The lowest BCUT2D eigenvalue weighted by Gasteiger charge is -2.09. The molecule has 2 aromatic carbocycles. The number of nitrogens with zero attached hydrogens (tertiary/aromatic N) is 1. The summed E-state index contributed by atoms with van der Waals surface area (Å²) in [5, 5.41) is 21.0. The number of aromatic nitrogens is 1. The molecule has 168 valence electrons. The first kappa shape index (κ1) is 22.5. The molecule has 2 N–H and O–H groups in total. The van der Waals surface area contributed by atoms with Crippen LogP contribution in [0.4, 0.5) is 0 Å². The van der Waals surface area contributed by atoms with E-state index in [0.29, 0.717) is 0 Å². The van der Waals surface area contributed by atoms with Gasteiger partial charge in [0.2, 0.25) is 0 Å². The number of allylic oxidation sites excluding steroid dienone is 1. The molecule has 0 fully saturated rings. The van der Waals surface area contributed by atoms with Gasteiger partial charge in [0, 0.05) is 34.8 Å². The average molecular weight is 442 g/mol. The number of aliphatic hydroxyl groups is 1. The molecule has 0 amide bonds. The van der Waals surface area contributed by atoms with Gasteiger partial charge in [0.05, 0.1) is 18.0 Å². The van der Waals surface area contributed by atoms with Crippen LogP contribution in [0.15, 0.2) is 72.9 Å². The number of rotatable bonds is 8. The minimum absolute atomic E-state index is 0.184. The van der Waals surface area contributed by atoms with Crippen LogP contribution in [0.3, 0.4) is 0 Å². The molecule has 0 aliphatic carbocycles. The lowest BCUT2D eigenvalue weighted by atomic mass is 9.95. The Morgan fingerprint density at radius 1 is 0.970 bits per heavy atom. The molecule has 5 nitrogen and oxygen atoms in total. The van der Waals surface area contributed by atoms with Crippen LogP contribution in [0.1, 0.15) is 43.9 Å². The van der Waals surface area contributed by atoms with Crippen LogP contribution in [-0.4, -0.2) is 32.5 Å². The predicted octanol–water partition coefficient (Wildman–Crippen LogP) is 5.69. The molecule has 0 spiro atoms. The summed E-state index contributed by atoms with van der Waals surface area (Å²) in [6, 6.07) is 20.5. The van der Waals surface area contributed by atoms with Gasteiger partial charge in [0.15, 0.2) is 5.78 Å². The summed E-state index contributed by atoms with van der Waals surface area (Å²) < 4.78 is 2.21. The van der Waals surface area contributed by atoms with Crippen molar-refractivity contribution in [2.24, 2.45) is 0 Å². The van der Waals surface area contributed by atoms with Crippen LogP contribution < -0.4 is 0 Å². The van der Waals surface area contributed by atoms with Gasteiger partial charge in [-0.1, -0.05) is 68.4 Å². The minimum Gasteiger partial charge on any atom is -0.481 e. The van der Waals surface area contributed by atoms with Crippen LogP contribution in [0, 0.1) is 0 Å². The Kier molecular flexibility index (Phi) is 6.43. The zero-order chi connectivity index (χ0) is 23.5. The second-order valence-electron chi connectivity index (χ2n) is 8.57. The molecule has 4 rings (SSSR count). The number of fused-ring (bicyclic) bond motifs is 3. The van der Waals surface area contributed by atoms with Gasteiger partial charge >= 0.3 is 5.97 Å². The fraction of sp³-hybridized carbons (Fsp3) is 0.214. The Morgan fingerprint density at radius 2 is 1.67 bits per heavy atom. The lowest BCUT2D eigenvalue weighted by molar-refractivity contribution is -0.139. The van der Waals surface area contributed by atoms with Crippen molar-refractivity contribution < 1.29 is 19.8 Å². The maximum absolute atomic E-state index is 12.5. The number of carbonyl (C=O) groups excluding carboxylic acids is 1. The Bertz CT molecular complexity index is 1350. The molecule has 0 aliphatic rings. The smallest absolute Gasteiger partial charge is 0.305 e. The van der Waals surface area contributed by atoms with E-state index in [9.17, 15) is 14.7 Å². The predicted molar refractivity (Wildman–Crippen MR) is 131 cm³/mol. The fourth-order valence-electron chi connectivity index (χ4n) is 4.46. The summed E-state index contributed by atoms with van der Waals surface area (Å²) in [5.74, 6) is -1.25. The van der Waals surface area contributed by atoms with Crippen molar-refractivity contribution in [3.63, 3.8) is 0 Å². The van der Waals surface area contributed by atoms with E-state index in [-0.39, 0.29) is 18.1 Å². The highest BCUT2D eigenvalue weighted by molar-refractivity contribution is 6.07. The number of carboxylic acids is 1. The van der Waals surface area contributed by atoms with Gasteiger partial charge in [0.1, 0.15) is 0 Å². The molecule has 2 aromatic heterocycles. The summed E-state index contributed by atoms with van der Waals surface area (Å²) >= 11 is 0. The van der Waals surface area contributed by atoms with Crippen molar-refractivity contribution in [1.82, 2.24) is 4.40 Å². The zero-order valence-corrected chi connectivity index (χ0v) is 18.7. The second-order valence-corrected chi connectivity index (χ2v) is 8.57. The number of benzene rings is 2. The number of aliphatic hydroxyl groups excluding tert-OH is 1. The molecule has 33 heavy (non-hydrogen) atoms. The molecule has 4 aromatic rings. The van der Waals surface area contributed by atoms with E-state index in [1.165, 1.54) is 6.08 Å². The SMILES string of the molecule is CC(C)c1c(C=CC(=O)CC(O)CC(=O)O)c(-c2ccccc2)c2c3ccccc3ccn12. The first-order valence-electron chi connectivity index (χ1n) is 11.1. The number of hydrogen-bond donors (Lipinski definition) is 2. The van der Waals surface area contributed by atoms with Gasteiger partial charge < -0.3 is 14.6 Å². The van der Waals surface area contributed by atoms with Gasteiger partial charge in [-0.15, -0.1) is 0 Å². The van der Waals surface area contributed by atoms with E-state index in [1.807, 2.05) is 36.4 Å². The van der Waals surface area contributed by atoms with E-state index >= 15 is 0 Å². The molecule has 0 saturated heterocycles. The summed E-state index contributed by atoms with van der Waals surface area (Å²) in [4.78, 5) is 23.3. The maximum Gasteiger partial charge on any atom is 0.305 e. The highest BCUT2D eigenvalue weighted by atomic mass is 16.4. The quantitative estimate of drug-likeness (QED) is 0.344. The van der Waals surface area contributed by atoms with Crippen LogP contribution in [0.2, 0.25) is 0 Å². The van der Waals surface area contributed by atoms with Crippen LogP contribution in [-0.2, 0) is 9.59 Å². The average Bonchev–Trinajstić information content (AvgIpc) is 3.12. The Hall–Kier alpha value is -3.70. The Balaban J connectivity index is 1.93. The number of ketones is 1. The topological polar surface area (TPSA) is 79.0 Å². The molecule has 1 atom stereocenters. The van der Waals surface area contributed by atoms with Gasteiger partial charge in [-0.05, 0) is 35.1 Å². The van der Waals surface area contributed by atoms with E-state index in [4.69, 9.17) is 5.11 Å². The standard InChI is InChI=1S/C28H27NO4/c1-18(2)27-24(13-12-21(30)16-22(31)17-25(32)33)26(20-9-4-3-5-10-20)28-23-11-7-6-8-19(23)14-15-29(27)28/h3-15,18,22,31H,16-17H2,1-2H3,(H,32,33). The van der Waals surface area contributed by atoms with Crippen molar-refractivity contribution in [3.05, 3.63) is 84.2 Å². The fourth-order valence-corrected chi connectivity index (χ4v) is 4.46. The molecule has 0 radical (unpaired) electrons. The first-order valence-corrected chi connectivity index (χ1v) is 11.1. The lowest BCUT2D eigenvalue weighted by Crippen LogP contribution is -2.16. The van der Waals surface area contributed by atoms with Crippen molar-refractivity contribution in [2.45, 2.75) is 38.7 Å². The largest absolute Gasteiger partial charge is 0.481 e. The molecular formula is C28H27NO4. The molecule has 0 saturated carbocycles. The number of carbonyl (C=O) groups is 2. The van der Waals surface area contributed by atoms with Crippen molar-refractivity contribution in [1.29, 1.82) is 0 Å². The van der Waals surface area contributed by atoms with E-state index in [1.54, 1.807) is 0 Å². The van der Waals surface area contributed by atoms with Crippen molar-refractivity contribution >= 4 is 34.1 Å². The normalized spacial score (nSPS) is 12.7.